The molecule has 8 rings (SSSR count). The van der Waals surface area contributed by atoms with E-state index < -0.39 is 69.8 Å². The fourth-order valence-corrected chi connectivity index (χ4v) is 8.59. The van der Waals surface area contributed by atoms with Gasteiger partial charge in [-0.2, -0.15) is 0 Å². The van der Waals surface area contributed by atoms with Gasteiger partial charge in [0.2, 0.25) is 24.1 Å². The lowest BCUT2D eigenvalue weighted by molar-refractivity contribution is -0.275. The normalized spacial score (nSPS) is 15.9. The SMILES string of the molecule is CN(C)C1CCN(c2ncc3cc(NC(=O)C(Oc4ccc(OC(F)(F)F)cc4Cl)C(Oc4ccc(OC(F)(F)F)cc4Cl)C(=O)Nc4ccc5nc(N6CCN(CCO)CC6)ncc5c4)ccc3n2)CC1. The molecular formula is C47H46Cl2F6N10O7. The van der Waals surface area contributed by atoms with Gasteiger partial charge in [0.05, 0.1) is 27.7 Å². The molecule has 0 radical (unpaired) electrons. The molecule has 25 heteroatoms. The molecule has 72 heavy (non-hydrogen) atoms. The van der Waals surface area contributed by atoms with E-state index in [4.69, 9.17) is 42.6 Å². The number of hydrogen-bond donors (Lipinski definition) is 3. The second-order valence-corrected chi connectivity index (χ2v) is 17.8. The molecule has 2 fully saturated rings. The van der Waals surface area contributed by atoms with E-state index in [9.17, 15) is 41.0 Å². The highest BCUT2D eigenvalue weighted by atomic mass is 35.5. The topological polar surface area (TPSA) is 180 Å². The second kappa shape index (κ2) is 22.0. The van der Waals surface area contributed by atoms with Crippen molar-refractivity contribution in [3.63, 3.8) is 0 Å². The van der Waals surface area contributed by atoms with E-state index in [0.29, 0.717) is 72.5 Å². The van der Waals surface area contributed by atoms with E-state index in [2.05, 4.69) is 44.8 Å². The van der Waals surface area contributed by atoms with Gasteiger partial charge in [-0.25, -0.2) is 19.9 Å². The molecule has 0 saturated carbocycles. The van der Waals surface area contributed by atoms with Crippen molar-refractivity contribution in [3.05, 3.63) is 95.2 Å². The molecule has 2 atom stereocenters. The molecule has 2 aliphatic rings. The van der Waals surface area contributed by atoms with Gasteiger partial charge in [0.1, 0.15) is 23.0 Å². The summed E-state index contributed by atoms with van der Waals surface area (Å²) >= 11 is 12.8. The first kappa shape index (κ1) is 51.7. The molecule has 6 aromatic rings. The Morgan fingerprint density at radius 2 is 1.12 bits per heavy atom. The van der Waals surface area contributed by atoms with E-state index in [0.717, 1.165) is 62.3 Å². The molecule has 3 N–H and O–H groups in total. The number of piperidine rings is 1. The number of alkyl halides is 6. The quantitative estimate of drug-likeness (QED) is 0.0799. The summed E-state index contributed by atoms with van der Waals surface area (Å²) in [5.74, 6) is -3.40. The fourth-order valence-electron chi connectivity index (χ4n) is 8.16. The highest BCUT2D eigenvalue weighted by Gasteiger charge is 2.40. The third-order valence-electron chi connectivity index (χ3n) is 11.8. The molecule has 0 bridgehead atoms. The Kier molecular flexibility index (Phi) is 15.8. The number of carbonyl (C=O) groups is 2. The van der Waals surface area contributed by atoms with Gasteiger partial charge in [0.15, 0.2) is 0 Å². The maximum Gasteiger partial charge on any atom is 0.573 e. The average molecular weight is 1050 g/mol. The number of amides is 2. The Morgan fingerprint density at radius 3 is 1.53 bits per heavy atom. The molecule has 4 heterocycles. The number of ether oxygens (including phenoxy) is 4. The first-order valence-electron chi connectivity index (χ1n) is 22.4. The number of halogens is 8. The molecule has 2 aromatic heterocycles. The summed E-state index contributed by atoms with van der Waals surface area (Å²) in [4.78, 5) is 56.2. The Hall–Kier alpha value is -6.66. The highest BCUT2D eigenvalue weighted by Crippen LogP contribution is 2.36. The predicted molar refractivity (Wildman–Crippen MR) is 256 cm³/mol. The van der Waals surface area contributed by atoms with E-state index in [1.807, 2.05) is 19.0 Å². The Bertz CT molecular complexity index is 2910. The molecule has 382 valence electrons. The number of hydrogen-bond acceptors (Lipinski definition) is 15. The summed E-state index contributed by atoms with van der Waals surface area (Å²) in [6.45, 7) is 4.77. The molecule has 2 unspecified atom stereocenters. The molecule has 2 saturated heterocycles. The van der Waals surface area contributed by atoms with Crippen molar-refractivity contribution >= 4 is 80.1 Å². The first-order chi connectivity index (χ1) is 34.3. The molecule has 17 nitrogen and oxygen atoms in total. The minimum absolute atomic E-state index is 0.0484. The summed E-state index contributed by atoms with van der Waals surface area (Å²) in [5.41, 5.74) is 1.38. The minimum atomic E-state index is -5.09. The summed E-state index contributed by atoms with van der Waals surface area (Å²) in [7, 11) is 4.08. The van der Waals surface area contributed by atoms with Crippen LogP contribution in [0.5, 0.6) is 23.0 Å². The van der Waals surface area contributed by atoms with Crippen LogP contribution in [0.25, 0.3) is 21.8 Å². The molecule has 2 aliphatic heterocycles. The van der Waals surface area contributed by atoms with Gasteiger partial charge in [-0.15, -0.1) is 26.3 Å². The van der Waals surface area contributed by atoms with Crippen molar-refractivity contribution < 1.29 is 60.0 Å². The lowest BCUT2D eigenvalue weighted by Gasteiger charge is -2.35. The monoisotopic (exact) mass is 1050 g/mol. The van der Waals surface area contributed by atoms with Crippen LogP contribution in [-0.2, 0) is 9.59 Å². The van der Waals surface area contributed by atoms with Crippen molar-refractivity contribution in [3.8, 4) is 23.0 Å². The van der Waals surface area contributed by atoms with Crippen LogP contribution in [0.1, 0.15) is 12.8 Å². The average Bonchev–Trinajstić information content (AvgIpc) is 3.33. The van der Waals surface area contributed by atoms with E-state index in [1.165, 1.54) is 12.1 Å². The second-order valence-electron chi connectivity index (χ2n) is 17.0. The third kappa shape index (κ3) is 13.2. The van der Waals surface area contributed by atoms with Crippen LogP contribution in [0, 0.1) is 0 Å². The molecule has 2 amide bonds. The van der Waals surface area contributed by atoms with Crippen LogP contribution in [0.15, 0.2) is 85.2 Å². The van der Waals surface area contributed by atoms with Crippen LogP contribution < -0.4 is 39.4 Å². The number of benzene rings is 4. The van der Waals surface area contributed by atoms with Crippen LogP contribution in [0.4, 0.5) is 49.6 Å². The third-order valence-corrected chi connectivity index (χ3v) is 12.4. The number of aliphatic hydroxyl groups excluding tert-OH is 1. The van der Waals surface area contributed by atoms with Gasteiger partial charge in [-0.3, -0.25) is 14.5 Å². The van der Waals surface area contributed by atoms with E-state index in [-0.39, 0.29) is 18.0 Å². The summed E-state index contributed by atoms with van der Waals surface area (Å²) < 4.78 is 99.1. The van der Waals surface area contributed by atoms with Crippen LogP contribution >= 0.6 is 23.2 Å². The number of β-amino-alcohol motifs (C(OH)–C–C–N with tert-alkyl or cyclic N) is 1. The Balaban J connectivity index is 1.11. The maximum atomic E-state index is 14.7. The van der Waals surface area contributed by atoms with Gasteiger partial charge in [-0.05, 0) is 87.6 Å². The smallest absolute Gasteiger partial charge is 0.474 e. The zero-order valence-electron chi connectivity index (χ0n) is 38.4. The van der Waals surface area contributed by atoms with Crippen LogP contribution in [-0.4, -0.2) is 144 Å². The van der Waals surface area contributed by atoms with Gasteiger partial charge < -0.3 is 49.4 Å². The lowest BCUT2D eigenvalue weighted by atomic mass is 10.0. The number of rotatable bonds is 16. The predicted octanol–water partition coefficient (Wildman–Crippen LogP) is 7.79. The fraction of sp³-hybridized carbons (Fsp3) is 0.362. The van der Waals surface area contributed by atoms with Crippen LogP contribution in [0.2, 0.25) is 10.0 Å². The van der Waals surface area contributed by atoms with Crippen molar-refractivity contribution in [2.45, 2.75) is 43.8 Å². The minimum Gasteiger partial charge on any atom is -0.474 e. The molecular weight excluding hydrogens is 1000 g/mol. The molecule has 0 spiro atoms. The van der Waals surface area contributed by atoms with Crippen molar-refractivity contribution in [2.75, 3.05) is 86.9 Å². The van der Waals surface area contributed by atoms with Gasteiger partial charge in [0.25, 0.3) is 11.8 Å². The van der Waals surface area contributed by atoms with E-state index in [1.54, 1.807) is 36.7 Å². The van der Waals surface area contributed by atoms with Gasteiger partial charge in [-0.1, -0.05) is 23.2 Å². The number of carbonyl (C=O) groups excluding carboxylic acids is 2. The van der Waals surface area contributed by atoms with Crippen molar-refractivity contribution in [2.24, 2.45) is 0 Å². The van der Waals surface area contributed by atoms with Gasteiger partial charge >= 0.3 is 12.7 Å². The Morgan fingerprint density at radius 1 is 0.681 bits per heavy atom. The number of aromatic nitrogens is 4. The number of nitrogens with one attached hydrogen (secondary N) is 2. The maximum absolute atomic E-state index is 14.7. The summed E-state index contributed by atoms with van der Waals surface area (Å²) in [6.07, 6.45) is -9.37. The summed E-state index contributed by atoms with van der Waals surface area (Å²) in [6, 6.07) is 15.1. The van der Waals surface area contributed by atoms with E-state index >= 15 is 0 Å². The van der Waals surface area contributed by atoms with Crippen molar-refractivity contribution in [1.82, 2.24) is 29.7 Å². The number of fused-ring (bicyclic) bond motifs is 2. The number of nitrogens with zero attached hydrogens (tertiary/aromatic N) is 8. The lowest BCUT2D eigenvalue weighted by Crippen LogP contribution is -2.51. The zero-order chi connectivity index (χ0) is 51.3. The molecule has 0 aliphatic carbocycles. The number of aliphatic hydroxyl groups is 1. The highest BCUT2D eigenvalue weighted by molar-refractivity contribution is 6.32. The van der Waals surface area contributed by atoms with Crippen molar-refractivity contribution in [1.29, 1.82) is 0 Å². The first-order valence-corrected chi connectivity index (χ1v) is 23.1. The van der Waals surface area contributed by atoms with Crippen LogP contribution in [0.3, 0.4) is 0 Å². The standard InChI is InChI=1S/C47H46Cl2F6N10O7/c1-62(2)31-11-13-64(14-12-31)44-56-25-27-21-29(3-7-36(27)60-44)58-42(67)40(69-38-9-5-32(23-34(38)48)71-46(50,51)52)41(70-39-10-6-33(24-35(39)49)72-47(53,54)55)43(68)59-30-4-8-37-28(22-30)26-57-45(61-37)65-17-15-63(16-18-65)19-20-66/h3-10,21-26,31,40-41,66H,11-20H2,1-2H3,(H,58,67)(H,59,68). The number of piperazine rings is 1. The zero-order valence-corrected chi connectivity index (χ0v) is 39.9. The summed E-state index contributed by atoms with van der Waals surface area (Å²) in [5, 5.41) is 14.7. The molecule has 4 aromatic carbocycles. The largest absolute Gasteiger partial charge is 0.573 e. The van der Waals surface area contributed by atoms with Gasteiger partial charge in [0, 0.05) is 98.5 Å². The Labute approximate surface area is 417 Å². The number of anilines is 4.